The van der Waals surface area contributed by atoms with Crippen molar-refractivity contribution in [2.75, 3.05) is 0 Å². The molecule has 0 unspecified atom stereocenters. The Morgan fingerprint density at radius 2 is 2.08 bits per heavy atom. The molecule has 0 amide bonds. The van der Waals surface area contributed by atoms with Gasteiger partial charge in [-0.1, -0.05) is 19.6 Å². The van der Waals surface area contributed by atoms with E-state index in [0.29, 0.717) is 24.0 Å². The minimum atomic E-state index is -0.752. The molecule has 0 aromatic heterocycles. The summed E-state index contributed by atoms with van der Waals surface area (Å²) in [5.74, 6) is -1.26. The molecule has 0 spiro atoms. The van der Waals surface area contributed by atoms with Crippen molar-refractivity contribution in [1.29, 1.82) is 0 Å². The average molecular weight is 362 g/mol. The van der Waals surface area contributed by atoms with Crippen LogP contribution in [0.25, 0.3) is 0 Å². The second-order valence-electron chi connectivity index (χ2n) is 8.49. The molecule has 1 N–H and O–H groups in total. The molecular weight excluding hydrogens is 336 g/mol. The van der Waals surface area contributed by atoms with Gasteiger partial charge in [0.05, 0.1) is 17.8 Å². The van der Waals surface area contributed by atoms with Crippen LogP contribution in [0.2, 0.25) is 0 Å². The first-order chi connectivity index (χ1) is 12.1. The maximum atomic E-state index is 12.4. The van der Waals surface area contributed by atoms with Gasteiger partial charge in [-0.25, -0.2) is 9.59 Å². The number of hydrogen-bond donors (Lipinski definition) is 1. The molecule has 0 radical (unpaired) electrons. The Morgan fingerprint density at radius 3 is 2.73 bits per heavy atom. The summed E-state index contributed by atoms with van der Waals surface area (Å²) in [6.45, 7) is 11.3. The highest BCUT2D eigenvalue weighted by molar-refractivity contribution is 5.91. The molecule has 2 saturated heterocycles. The molecule has 6 nitrogen and oxygen atoms in total. The van der Waals surface area contributed by atoms with Crippen LogP contribution in [-0.4, -0.2) is 47.1 Å². The zero-order valence-corrected chi connectivity index (χ0v) is 15.7. The molecule has 8 atom stereocenters. The van der Waals surface area contributed by atoms with Crippen molar-refractivity contribution in [1.82, 2.24) is 0 Å². The molecule has 0 bridgehead atoms. The summed E-state index contributed by atoms with van der Waals surface area (Å²) in [4.78, 5) is 24.5. The largest absolute Gasteiger partial charge is 0.458 e. The number of aliphatic hydroxyl groups is 1. The Labute approximate surface area is 153 Å². The monoisotopic (exact) mass is 362 g/mol. The van der Waals surface area contributed by atoms with Crippen molar-refractivity contribution in [2.24, 2.45) is 17.3 Å². The number of aliphatic hydroxyl groups excluding tert-OH is 1. The Hall–Kier alpha value is -1.66. The van der Waals surface area contributed by atoms with Crippen molar-refractivity contribution < 1.29 is 28.9 Å². The summed E-state index contributed by atoms with van der Waals surface area (Å²) < 4.78 is 17.5. The molecule has 2 aliphatic carbocycles. The van der Waals surface area contributed by atoms with Crippen LogP contribution in [0.5, 0.6) is 0 Å². The number of allylic oxidation sites excluding steroid dienone is 1. The predicted octanol–water partition coefficient (Wildman–Crippen LogP) is 1.91. The van der Waals surface area contributed by atoms with E-state index in [2.05, 4.69) is 6.58 Å². The van der Waals surface area contributed by atoms with E-state index < -0.39 is 35.3 Å². The van der Waals surface area contributed by atoms with E-state index in [0.717, 1.165) is 0 Å². The Kier molecular flexibility index (Phi) is 3.70. The summed E-state index contributed by atoms with van der Waals surface area (Å²) in [6, 6.07) is 0. The lowest BCUT2D eigenvalue weighted by Gasteiger charge is -2.55. The first-order valence-corrected chi connectivity index (χ1v) is 9.24. The molecule has 142 valence electrons. The molecule has 4 fully saturated rings. The highest BCUT2D eigenvalue weighted by Gasteiger charge is 2.76. The summed E-state index contributed by atoms with van der Waals surface area (Å²) in [6.07, 6.45) is 0.906. The van der Waals surface area contributed by atoms with Gasteiger partial charge in [-0.15, -0.1) is 0 Å². The van der Waals surface area contributed by atoms with Crippen LogP contribution in [0.3, 0.4) is 0 Å². The van der Waals surface area contributed by atoms with Crippen molar-refractivity contribution in [2.45, 2.75) is 70.6 Å². The molecule has 4 aliphatic rings. The SMILES string of the molecule is C=C1C(=O)O[C@H]2[C@H]1C[C@@H](O)[C@@]1(C)[C@@H](OC(=O)/C(C)=C/C)C[C@@H]3O[C@]3(C)[C@H]21. The fourth-order valence-electron chi connectivity index (χ4n) is 5.41. The highest BCUT2D eigenvalue weighted by Crippen LogP contribution is 2.66. The average Bonchev–Trinajstić information content (AvgIpc) is 3.18. The number of carbonyl (C=O) groups excluding carboxylic acids is 2. The Morgan fingerprint density at radius 1 is 1.38 bits per heavy atom. The second-order valence-corrected chi connectivity index (χ2v) is 8.49. The number of esters is 2. The van der Waals surface area contributed by atoms with Crippen LogP contribution in [0.15, 0.2) is 23.8 Å². The lowest BCUT2D eigenvalue weighted by atomic mass is 9.51. The van der Waals surface area contributed by atoms with E-state index in [4.69, 9.17) is 14.2 Å². The molecule has 2 heterocycles. The normalized spacial score (nSPS) is 49.7. The number of fused-ring (bicyclic) bond motifs is 5. The molecular formula is C20H26O6. The number of carbonyl (C=O) groups is 2. The smallest absolute Gasteiger partial charge is 0.334 e. The molecule has 0 aromatic rings. The van der Waals surface area contributed by atoms with E-state index in [1.54, 1.807) is 19.9 Å². The molecule has 4 rings (SSSR count). The van der Waals surface area contributed by atoms with Crippen LogP contribution < -0.4 is 0 Å². The fourth-order valence-corrected chi connectivity index (χ4v) is 5.41. The fraction of sp³-hybridized carbons (Fsp3) is 0.700. The van der Waals surface area contributed by atoms with Crippen LogP contribution in [-0.2, 0) is 23.8 Å². The zero-order chi connectivity index (χ0) is 19.0. The van der Waals surface area contributed by atoms with E-state index in [-0.39, 0.29) is 23.9 Å². The van der Waals surface area contributed by atoms with Crippen molar-refractivity contribution in [3.05, 3.63) is 23.8 Å². The van der Waals surface area contributed by atoms with E-state index in [1.807, 2.05) is 13.8 Å². The third kappa shape index (κ3) is 2.12. The van der Waals surface area contributed by atoms with Crippen molar-refractivity contribution >= 4 is 11.9 Å². The second kappa shape index (κ2) is 5.42. The van der Waals surface area contributed by atoms with Crippen LogP contribution in [0.4, 0.5) is 0 Å². The lowest BCUT2D eigenvalue weighted by molar-refractivity contribution is -0.207. The van der Waals surface area contributed by atoms with Gasteiger partial charge in [-0.3, -0.25) is 0 Å². The molecule has 2 aliphatic heterocycles. The number of epoxide rings is 1. The molecule has 6 heteroatoms. The Bertz CT molecular complexity index is 726. The maximum Gasteiger partial charge on any atom is 0.334 e. The first kappa shape index (κ1) is 17.7. The van der Waals surface area contributed by atoms with Gasteiger partial charge in [-0.05, 0) is 27.2 Å². The highest BCUT2D eigenvalue weighted by atomic mass is 16.6. The van der Waals surface area contributed by atoms with Crippen molar-refractivity contribution in [3.63, 3.8) is 0 Å². The number of ether oxygens (including phenoxy) is 3. The van der Waals surface area contributed by atoms with Crippen molar-refractivity contribution in [3.8, 4) is 0 Å². The van der Waals surface area contributed by atoms with Crippen LogP contribution in [0.1, 0.15) is 40.5 Å². The van der Waals surface area contributed by atoms with E-state index in [9.17, 15) is 14.7 Å². The van der Waals surface area contributed by atoms with Gasteiger partial charge in [-0.2, -0.15) is 0 Å². The summed E-state index contributed by atoms with van der Waals surface area (Å²) in [5, 5.41) is 11.1. The molecule has 26 heavy (non-hydrogen) atoms. The number of hydrogen-bond acceptors (Lipinski definition) is 6. The van der Waals surface area contributed by atoms with Gasteiger partial charge in [0.15, 0.2) is 0 Å². The predicted molar refractivity (Wildman–Crippen MR) is 91.9 cm³/mol. The minimum Gasteiger partial charge on any atom is -0.458 e. The van der Waals surface area contributed by atoms with Gasteiger partial charge >= 0.3 is 11.9 Å². The quantitative estimate of drug-likeness (QED) is 0.459. The summed E-state index contributed by atoms with van der Waals surface area (Å²) in [7, 11) is 0. The minimum absolute atomic E-state index is 0.0668. The van der Waals surface area contributed by atoms with Gasteiger partial charge in [0.2, 0.25) is 0 Å². The third-order valence-corrected chi connectivity index (χ3v) is 7.27. The summed E-state index contributed by atoms with van der Waals surface area (Å²) >= 11 is 0. The zero-order valence-electron chi connectivity index (χ0n) is 15.7. The molecule has 2 saturated carbocycles. The lowest BCUT2D eigenvalue weighted by Crippen LogP contribution is -2.65. The first-order valence-electron chi connectivity index (χ1n) is 9.24. The standard InChI is InChI=1S/C20H26O6/c1-6-9(2)17(22)24-13-8-14-20(5,26-14)16-15-11(10(3)18(23)25-15)7-12(21)19(13,16)4/h6,11-16,21H,3,7-8H2,1-2,4-5H3/b9-6+/t11-,12+,13-,14-,15-,16+,19-,20-/m0/s1. The van der Waals surface area contributed by atoms with Gasteiger partial charge in [0, 0.05) is 34.8 Å². The van der Waals surface area contributed by atoms with Gasteiger partial charge < -0.3 is 19.3 Å². The van der Waals surface area contributed by atoms with Crippen LogP contribution >= 0.6 is 0 Å². The molecule has 0 aromatic carbocycles. The van der Waals surface area contributed by atoms with E-state index in [1.165, 1.54) is 0 Å². The Balaban J connectivity index is 1.72. The summed E-state index contributed by atoms with van der Waals surface area (Å²) in [5.41, 5.74) is -0.292. The third-order valence-electron chi connectivity index (χ3n) is 7.27. The van der Waals surface area contributed by atoms with Gasteiger partial charge in [0.1, 0.15) is 12.2 Å². The number of rotatable bonds is 2. The van der Waals surface area contributed by atoms with Gasteiger partial charge in [0.25, 0.3) is 0 Å². The topological polar surface area (TPSA) is 85.4 Å². The maximum absolute atomic E-state index is 12.4. The van der Waals surface area contributed by atoms with E-state index >= 15 is 0 Å². The van der Waals surface area contributed by atoms with Crippen LogP contribution in [0, 0.1) is 17.3 Å².